The normalized spacial score (nSPS) is 10.9. The molecule has 0 radical (unpaired) electrons. The maximum Gasteiger partial charge on any atom is 0.191 e. The number of ether oxygens (including phenoxy) is 1. The Balaban J connectivity index is 1.50. The molecule has 4 rings (SSSR count). The molecule has 0 unspecified atom stereocenters. The molecule has 0 bridgehead atoms. The third-order valence-corrected chi connectivity index (χ3v) is 5.39. The van der Waals surface area contributed by atoms with Gasteiger partial charge in [0.15, 0.2) is 11.0 Å². The van der Waals surface area contributed by atoms with E-state index in [4.69, 9.17) is 4.74 Å². The molecule has 0 fully saturated rings. The topological polar surface area (TPSA) is 68.6 Å². The summed E-state index contributed by atoms with van der Waals surface area (Å²) in [6, 6.07) is 11.9. The Hall–Kier alpha value is -2.58. The lowest BCUT2D eigenvalue weighted by Crippen LogP contribution is -1.96. The van der Waals surface area contributed by atoms with E-state index < -0.39 is 0 Å². The molecule has 3 heterocycles. The second kappa shape index (κ2) is 7.12. The van der Waals surface area contributed by atoms with E-state index in [9.17, 15) is 0 Å². The van der Waals surface area contributed by atoms with E-state index in [2.05, 4.69) is 20.2 Å². The molecule has 0 atom stereocenters. The summed E-state index contributed by atoms with van der Waals surface area (Å²) in [6.45, 7) is 0. The lowest BCUT2D eigenvalue weighted by atomic mass is 10.3. The molecule has 0 aliphatic rings. The predicted molar refractivity (Wildman–Crippen MR) is 99.4 cm³/mol. The van der Waals surface area contributed by atoms with E-state index in [1.54, 1.807) is 36.4 Å². The van der Waals surface area contributed by atoms with Crippen LogP contribution in [0.3, 0.4) is 0 Å². The average molecular weight is 369 g/mol. The largest absolute Gasteiger partial charge is 0.497 e. The van der Waals surface area contributed by atoms with Crippen LogP contribution in [0.2, 0.25) is 0 Å². The molecule has 0 spiro atoms. The Morgan fingerprint density at radius 1 is 1.28 bits per heavy atom. The second-order valence-electron chi connectivity index (χ2n) is 5.15. The summed E-state index contributed by atoms with van der Waals surface area (Å²) < 4.78 is 7.33. The summed E-state index contributed by atoms with van der Waals surface area (Å²) in [5, 5.41) is 10.2. The number of aromatic nitrogens is 5. The summed E-state index contributed by atoms with van der Waals surface area (Å²) in [5.74, 6) is 3.05. The molecule has 4 aromatic rings. The Kier molecular flexibility index (Phi) is 4.53. The zero-order valence-electron chi connectivity index (χ0n) is 13.4. The van der Waals surface area contributed by atoms with Gasteiger partial charge in [0, 0.05) is 18.5 Å². The van der Waals surface area contributed by atoms with Gasteiger partial charge in [0.05, 0.1) is 23.4 Å². The molecular weight excluding hydrogens is 354 g/mol. The number of thioether (sulfide) groups is 1. The van der Waals surface area contributed by atoms with Crippen LogP contribution in [-0.2, 0) is 5.75 Å². The van der Waals surface area contributed by atoms with Crippen molar-refractivity contribution in [1.82, 2.24) is 24.7 Å². The van der Waals surface area contributed by atoms with Crippen molar-refractivity contribution in [3.05, 3.63) is 60.0 Å². The first kappa shape index (κ1) is 15.9. The molecular formula is C17H15N5OS2. The van der Waals surface area contributed by atoms with Crippen molar-refractivity contribution in [1.29, 1.82) is 0 Å². The van der Waals surface area contributed by atoms with Crippen LogP contribution >= 0.6 is 23.1 Å². The lowest BCUT2D eigenvalue weighted by Gasteiger charge is -2.08. The highest BCUT2D eigenvalue weighted by Gasteiger charge is 2.10. The second-order valence-corrected chi connectivity index (χ2v) is 7.04. The summed E-state index contributed by atoms with van der Waals surface area (Å²) in [7, 11) is 1.66. The molecule has 0 amide bonds. The van der Waals surface area contributed by atoms with Gasteiger partial charge in [-0.1, -0.05) is 23.9 Å². The number of hydrogen-bond donors (Lipinski definition) is 1. The van der Waals surface area contributed by atoms with Gasteiger partial charge < -0.3 is 4.74 Å². The first-order chi connectivity index (χ1) is 12.3. The first-order valence-corrected chi connectivity index (χ1v) is 9.46. The van der Waals surface area contributed by atoms with Crippen LogP contribution in [0.1, 0.15) is 5.82 Å². The zero-order chi connectivity index (χ0) is 17.1. The van der Waals surface area contributed by atoms with Gasteiger partial charge in [0.1, 0.15) is 11.6 Å². The molecule has 126 valence electrons. The molecule has 8 heteroatoms. The number of hydrogen-bond acceptors (Lipinski definition) is 6. The van der Waals surface area contributed by atoms with Gasteiger partial charge in [-0.05, 0) is 23.6 Å². The molecule has 25 heavy (non-hydrogen) atoms. The SMILES string of the molecule is COc1cccc(-n2ccnc2SCc2nc(-c3cccs3)n[nH]2)c1. The van der Waals surface area contributed by atoms with E-state index in [1.165, 1.54) is 0 Å². The van der Waals surface area contributed by atoms with Crippen molar-refractivity contribution in [3.63, 3.8) is 0 Å². The minimum atomic E-state index is 0.666. The number of thiophene rings is 1. The molecule has 1 N–H and O–H groups in total. The molecule has 0 saturated heterocycles. The molecule has 1 aromatic carbocycles. The first-order valence-electron chi connectivity index (χ1n) is 7.59. The number of benzene rings is 1. The van der Waals surface area contributed by atoms with Crippen molar-refractivity contribution in [2.75, 3.05) is 7.11 Å². The fraction of sp³-hybridized carbons (Fsp3) is 0.118. The van der Waals surface area contributed by atoms with Crippen LogP contribution in [-0.4, -0.2) is 31.8 Å². The van der Waals surface area contributed by atoms with Crippen LogP contribution in [0.25, 0.3) is 16.4 Å². The summed E-state index contributed by atoms with van der Waals surface area (Å²) in [5.41, 5.74) is 1.01. The van der Waals surface area contributed by atoms with E-state index >= 15 is 0 Å². The maximum atomic E-state index is 5.30. The smallest absolute Gasteiger partial charge is 0.191 e. The Bertz CT molecular complexity index is 961. The van der Waals surface area contributed by atoms with Gasteiger partial charge in [-0.3, -0.25) is 9.67 Å². The number of nitrogens with one attached hydrogen (secondary N) is 1. The van der Waals surface area contributed by atoms with Gasteiger partial charge >= 0.3 is 0 Å². The standard InChI is InChI=1S/C17H15N5OS2/c1-23-13-5-2-4-12(10-13)22-8-7-18-17(22)25-11-15-19-16(21-20-15)14-6-3-9-24-14/h2-10H,11H2,1H3,(H,19,20,21). The fourth-order valence-electron chi connectivity index (χ4n) is 2.36. The number of nitrogens with zero attached hydrogens (tertiary/aromatic N) is 4. The zero-order valence-corrected chi connectivity index (χ0v) is 15.0. The highest BCUT2D eigenvalue weighted by Crippen LogP contribution is 2.26. The number of aromatic amines is 1. The molecule has 0 aliphatic carbocycles. The summed E-state index contributed by atoms with van der Waals surface area (Å²) in [4.78, 5) is 10.1. The number of H-pyrrole nitrogens is 1. The van der Waals surface area contributed by atoms with E-state index in [1.807, 2.05) is 52.5 Å². The van der Waals surface area contributed by atoms with Crippen LogP contribution in [0.4, 0.5) is 0 Å². The van der Waals surface area contributed by atoms with Gasteiger partial charge in [-0.15, -0.1) is 11.3 Å². The van der Waals surface area contributed by atoms with Gasteiger partial charge in [-0.2, -0.15) is 5.10 Å². The van der Waals surface area contributed by atoms with Gasteiger partial charge in [-0.25, -0.2) is 9.97 Å². The summed E-state index contributed by atoms with van der Waals surface area (Å²) in [6.07, 6.45) is 3.73. The van der Waals surface area contributed by atoms with Gasteiger partial charge in [0.25, 0.3) is 0 Å². The average Bonchev–Trinajstić information content (AvgIpc) is 3.40. The molecule has 6 nitrogen and oxygen atoms in total. The lowest BCUT2D eigenvalue weighted by molar-refractivity contribution is 0.414. The summed E-state index contributed by atoms with van der Waals surface area (Å²) >= 11 is 3.23. The van der Waals surface area contributed by atoms with E-state index in [-0.39, 0.29) is 0 Å². The van der Waals surface area contributed by atoms with Crippen molar-refractivity contribution >= 4 is 23.1 Å². The number of rotatable bonds is 6. The fourth-order valence-corrected chi connectivity index (χ4v) is 3.86. The third kappa shape index (κ3) is 3.45. The minimum Gasteiger partial charge on any atom is -0.497 e. The Morgan fingerprint density at radius 2 is 2.24 bits per heavy atom. The monoisotopic (exact) mass is 369 g/mol. The maximum absolute atomic E-state index is 5.30. The van der Waals surface area contributed by atoms with Crippen LogP contribution in [0.5, 0.6) is 5.75 Å². The van der Waals surface area contributed by atoms with Crippen molar-refractivity contribution in [2.24, 2.45) is 0 Å². The van der Waals surface area contributed by atoms with Crippen LogP contribution < -0.4 is 4.74 Å². The molecule has 0 aliphatic heterocycles. The van der Waals surface area contributed by atoms with Crippen molar-refractivity contribution < 1.29 is 4.74 Å². The van der Waals surface area contributed by atoms with Crippen molar-refractivity contribution in [3.8, 4) is 22.1 Å². The molecule has 3 aromatic heterocycles. The highest BCUT2D eigenvalue weighted by atomic mass is 32.2. The third-order valence-electron chi connectivity index (χ3n) is 3.55. The predicted octanol–water partition coefficient (Wildman–Crippen LogP) is 4.02. The van der Waals surface area contributed by atoms with Crippen LogP contribution in [0.15, 0.2) is 59.3 Å². The van der Waals surface area contributed by atoms with E-state index in [0.29, 0.717) is 5.75 Å². The van der Waals surface area contributed by atoms with Crippen LogP contribution in [0, 0.1) is 0 Å². The molecule has 0 saturated carbocycles. The quantitative estimate of drug-likeness (QED) is 0.520. The Labute approximate surface area is 152 Å². The van der Waals surface area contributed by atoms with E-state index in [0.717, 1.165) is 33.1 Å². The van der Waals surface area contributed by atoms with Crippen molar-refractivity contribution in [2.45, 2.75) is 10.9 Å². The van der Waals surface area contributed by atoms with Gasteiger partial charge in [0.2, 0.25) is 0 Å². The number of imidazole rings is 1. The highest BCUT2D eigenvalue weighted by molar-refractivity contribution is 7.98. The Morgan fingerprint density at radius 3 is 3.08 bits per heavy atom. The minimum absolute atomic E-state index is 0.666. The number of methoxy groups -OCH3 is 1.